The van der Waals surface area contributed by atoms with Crippen LogP contribution in [0.3, 0.4) is 0 Å². The van der Waals surface area contributed by atoms with Crippen molar-refractivity contribution in [1.29, 1.82) is 0 Å². The lowest BCUT2D eigenvalue weighted by atomic mass is 10.2. The lowest BCUT2D eigenvalue weighted by Gasteiger charge is -2.19. The normalized spacial score (nSPS) is 11.6. The summed E-state index contributed by atoms with van der Waals surface area (Å²) in [7, 11) is 0. The van der Waals surface area contributed by atoms with Crippen molar-refractivity contribution in [2.45, 2.75) is 31.4 Å². The summed E-state index contributed by atoms with van der Waals surface area (Å²) >= 11 is 1.25. The van der Waals surface area contributed by atoms with E-state index in [0.717, 1.165) is 5.39 Å². The number of hydrogen-bond donors (Lipinski definition) is 3. The molecule has 108 valence electrons. The van der Waals surface area contributed by atoms with Crippen LogP contribution < -0.4 is 11.3 Å². The summed E-state index contributed by atoms with van der Waals surface area (Å²) in [4.78, 5) is 20.0. The first-order chi connectivity index (χ1) is 9.39. The highest BCUT2D eigenvalue weighted by Crippen LogP contribution is 2.25. The quantitative estimate of drug-likeness (QED) is 0.252. The van der Waals surface area contributed by atoms with Gasteiger partial charge in [0, 0.05) is 0 Å². The van der Waals surface area contributed by atoms with Crippen LogP contribution in [-0.2, 0) is 9.53 Å². The summed E-state index contributed by atoms with van der Waals surface area (Å²) in [5, 5.41) is 7.98. The Balaban J connectivity index is 2.13. The van der Waals surface area contributed by atoms with Crippen molar-refractivity contribution in [2.24, 2.45) is 5.84 Å². The number of anilines is 1. The van der Waals surface area contributed by atoms with Crippen molar-refractivity contribution in [3.05, 3.63) is 6.20 Å². The van der Waals surface area contributed by atoms with Gasteiger partial charge in [-0.2, -0.15) is 10.1 Å². The van der Waals surface area contributed by atoms with Gasteiger partial charge < -0.3 is 4.74 Å². The number of esters is 1. The number of rotatable bonds is 4. The molecule has 2 heterocycles. The smallest absolute Gasteiger partial charge is 0.316 e. The number of nitrogens with one attached hydrogen (secondary N) is 2. The summed E-state index contributed by atoms with van der Waals surface area (Å²) in [5.74, 6) is 5.41. The average molecular weight is 296 g/mol. The standard InChI is InChI=1S/C11H16N6O2S/c1-11(2,3)19-7(18)5-20-9-6-4-13-17-8(6)14-10(15-9)16-12/h4H,5,12H2,1-3H3,(H2,13,14,15,16,17). The van der Waals surface area contributed by atoms with Crippen molar-refractivity contribution < 1.29 is 9.53 Å². The first-order valence-electron chi connectivity index (χ1n) is 5.91. The molecule has 0 unspecified atom stereocenters. The van der Waals surface area contributed by atoms with Crippen molar-refractivity contribution >= 4 is 34.7 Å². The molecule has 0 aliphatic heterocycles. The summed E-state index contributed by atoms with van der Waals surface area (Å²) in [6.07, 6.45) is 1.60. The van der Waals surface area contributed by atoms with Crippen LogP contribution >= 0.6 is 11.8 Å². The van der Waals surface area contributed by atoms with Gasteiger partial charge in [-0.1, -0.05) is 11.8 Å². The molecule has 0 saturated heterocycles. The second kappa shape index (κ2) is 5.63. The van der Waals surface area contributed by atoms with E-state index in [2.05, 4.69) is 25.6 Å². The van der Waals surface area contributed by atoms with Crippen LogP contribution in [0.1, 0.15) is 20.8 Å². The number of nitrogens with zero attached hydrogens (tertiary/aromatic N) is 3. The number of nitrogen functional groups attached to an aromatic ring is 1. The molecule has 0 saturated carbocycles. The van der Waals surface area contributed by atoms with E-state index in [1.54, 1.807) is 6.20 Å². The average Bonchev–Trinajstić information content (AvgIpc) is 2.81. The maximum atomic E-state index is 11.7. The van der Waals surface area contributed by atoms with Crippen molar-refractivity contribution in [2.75, 3.05) is 11.2 Å². The van der Waals surface area contributed by atoms with E-state index in [1.807, 2.05) is 20.8 Å². The van der Waals surface area contributed by atoms with Crippen LogP contribution in [0.2, 0.25) is 0 Å². The van der Waals surface area contributed by atoms with E-state index in [0.29, 0.717) is 10.7 Å². The molecule has 0 aromatic carbocycles. The molecule has 0 aliphatic carbocycles. The van der Waals surface area contributed by atoms with Gasteiger partial charge in [-0.3, -0.25) is 15.3 Å². The third kappa shape index (κ3) is 3.58. The Morgan fingerprint density at radius 3 is 2.90 bits per heavy atom. The Bertz CT molecular complexity index is 621. The minimum absolute atomic E-state index is 0.151. The van der Waals surface area contributed by atoms with Gasteiger partial charge in [-0.25, -0.2) is 10.8 Å². The SMILES string of the molecule is CC(C)(C)OC(=O)CSc1nc(NN)nc2[nH]ncc12. The summed E-state index contributed by atoms with van der Waals surface area (Å²) < 4.78 is 5.24. The molecule has 9 heteroatoms. The molecule has 0 amide bonds. The topological polar surface area (TPSA) is 119 Å². The van der Waals surface area contributed by atoms with Gasteiger partial charge >= 0.3 is 5.97 Å². The van der Waals surface area contributed by atoms with Crippen molar-refractivity contribution in [3.63, 3.8) is 0 Å². The summed E-state index contributed by atoms with van der Waals surface area (Å²) in [6, 6.07) is 0. The molecular weight excluding hydrogens is 280 g/mol. The van der Waals surface area contributed by atoms with Crippen LogP contribution in [-0.4, -0.2) is 37.5 Å². The van der Waals surface area contributed by atoms with Gasteiger partial charge in [0.25, 0.3) is 0 Å². The van der Waals surface area contributed by atoms with E-state index in [-0.39, 0.29) is 17.7 Å². The summed E-state index contributed by atoms with van der Waals surface area (Å²) in [5.41, 5.74) is 2.43. The number of hydrazine groups is 1. The third-order valence-electron chi connectivity index (χ3n) is 2.15. The molecule has 0 bridgehead atoms. The minimum Gasteiger partial charge on any atom is -0.459 e. The molecule has 0 aliphatic rings. The number of aromatic amines is 1. The lowest BCUT2D eigenvalue weighted by Crippen LogP contribution is -2.25. The number of fused-ring (bicyclic) bond motifs is 1. The number of hydrogen-bond acceptors (Lipinski definition) is 8. The number of aromatic nitrogens is 4. The van der Waals surface area contributed by atoms with Crippen molar-refractivity contribution in [3.8, 4) is 0 Å². The van der Waals surface area contributed by atoms with Crippen LogP contribution in [0, 0.1) is 0 Å². The summed E-state index contributed by atoms with van der Waals surface area (Å²) in [6.45, 7) is 5.47. The van der Waals surface area contributed by atoms with Gasteiger partial charge in [0.1, 0.15) is 10.6 Å². The Labute approximate surface area is 119 Å². The monoisotopic (exact) mass is 296 g/mol. The van der Waals surface area contributed by atoms with E-state index in [4.69, 9.17) is 10.6 Å². The maximum Gasteiger partial charge on any atom is 0.316 e. The highest BCUT2D eigenvalue weighted by atomic mass is 32.2. The van der Waals surface area contributed by atoms with Crippen LogP contribution in [0.4, 0.5) is 5.95 Å². The fourth-order valence-corrected chi connectivity index (χ4v) is 2.25. The fraction of sp³-hybridized carbons (Fsp3) is 0.455. The zero-order valence-electron chi connectivity index (χ0n) is 11.4. The van der Waals surface area contributed by atoms with Gasteiger partial charge in [0.2, 0.25) is 5.95 Å². The van der Waals surface area contributed by atoms with Crippen LogP contribution in [0.15, 0.2) is 11.2 Å². The van der Waals surface area contributed by atoms with Gasteiger partial charge in [0.05, 0.1) is 17.3 Å². The number of H-pyrrole nitrogens is 1. The third-order valence-corrected chi connectivity index (χ3v) is 3.12. The largest absolute Gasteiger partial charge is 0.459 e. The van der Waals surface area contributed by atoms with Gasteiger partial charge in [-0.05, 0) is 20.8 Å². The number of nitrogens with two attached hydrogens (primary N) is 1. The zero-order valence-corrected chi connectivity index (χ0v) is 12.2. The van der Waals surface area contributed by atoms with E-state index in [1.165, 1.54) is 11.8 Å². The van der Waals surface area contributed by atoms with Gasteiger partial charge in [-0.15, -0.1) is 0 Å². The molecule has 0 radical (unpaired) electrons. The molecule has 2 rings (SSSR count). The molecular formula is C11H16N6O2S. The highest BCUT2D eigenvalue weighted by Gasteiger charge is 2.18. The van der Waals surface area contributed by atoms with E-state index >= 15 is 0 Å². The van der Waals surface area contributed by atoms with Crippen LogP contribution in [0.5, 0.6) is 0 Å². The van der Waals surface area contributed by atoms with Crippen molar-refractivity contribution in [1.82, 2.24) is 20.2 Å². The molecule has 4 N–H and O–H groups in total. The molecule has 8 nitrogen and oxygen atoms in total. The first-order valence-corrected chi connectivity index (χ1v) is 6.90. The van der Waals surface area contributed by atoms with E-state index in [9.17, 15) is 4.79 Å². The Morgan fingerprint density at radius 2 is 2.25 bits per heavy atom. The van der Waals surface area contributed by atoms with Crippen LogP contribution in [0.25, 0.3) is 11.0 Å². The Hall–Kier alpha value is -1.87. The molecule has 2 aromatic rings. The fourth-order valence-electron chi connectivity index (χ4n) is 1.48. The number of ether oxygens (including phenoxy) is 1. The van der Waals surface area contributed by atoms with E-state index < -0.39 is 5.60 Å². The predicted octanol–water partition coefficient (Wildman–Crippen LogP) is 1.07. The van der Waals surface area contributed by atoms with Gasteiger partial charge in [0.15, 0.2) is 5.65 Å². The first kappa shape index (κ1) is 14.5. The molecule has 2 aromatic heterocycles. The molecule has 0 spiro atoms. The highest BCUT2D eigenvalue weighted by molar-refractivity contribution is 8.00. The molecule has 20 heavy (non-hydrogen) atoms. The number of carbonyl (C=O) groups is 1. The second-order valence-electron chi connectivity index (χ2n) is 5.00. The number of carbonyl (C=O) groups excluding carboxylic acids is 1. The number of thioether (sulfide) groups is 1. The Kier molecular flexibility index (Phi) is 4.09. The second-order valence-corrected chi connectivity index (χ2v) is 5.97. The molecule has 0 fully saturated rings. The minimum atomic E-state index is -0.502. The molecule has 0 atom stereocenters. The lowest BCUT2D eigenvalue weighted by molar-refractivity contribution is -0.151. The maximum absolute atomic E-state index is 11.7. The zero-order chi connectivity index (χ0) is 14.8. The predicted molar refractivity (Wildman–Crippen MR) is 76.1 cm³/mol. The Morgan fingerprint density at radius 1 is 1.50 bits per heavy atom.